The van der Waals surface area contributed by atoms with Gasteiger partial charge in [0.2, 0.25) is 5.91 Å². The van der Waals surface area contributed by atoms with Crippen LogP contribution in [0.5, 0.6) is 0 Å². The summed E-state index contributed by atoms with van der Waals surface area (Å²) in [7, 11) is 0. The quantitative estimate of drug-likeness (QED) is 0.555. The molecule has 1 saturated heterocycles. The van der Waals surface area contributed by atoms with Crippen molar-refractivity contribution in [3.05, 3.63) is 76.1 Å². The van der Waals surface area contributed by atoms with Gasteiger partial charge in [-0.25, -0.2) is 9.48 Å². The normalized spacial score (nSPS) is 15.9. The van der Waals surface area contributed by atoms with Crippen LogP contribution in [0, 0.1) is 33.6 Å². The van der Waals surface area contributed by atoms with Gasteiger partial charge in [-0.05, 0) is 56.0 Å². The van der Waals surface area contributed by atoms with Crippen molar-refractivity contribution in [3.63, 3.8) is 0 Å². The second kappa shape index (κ2) is 8.94. The Balaban J connectivity index is 1.38. The lowest BCUT2D eigenvalue weighted by molar-refractivity contribution is -0.128. The van der Waals surface area contributed by atoms with E-state index in [1.807, 2.05) is 68.1 Å². The minimum Gasteiger partial charge on any atom is -0.460 e. The van der Waals surface area contributed by atoms with Crippen LogP contribution in [0.2, 0.25) is 0 Å². The molecular weight excluding hydrogens is 404 g/mol. The van der Waals surface area contributed by atoms with E-state index >= 15 is 0 Å². The Bertz CT molecular complexity index is 1170. The molecule has 1 aromatic heterocycles. The van der Waals surface area contributed by atoms with Gasteiger partial charge in [0, 0.05) is 25.4 Å². The van der Waals surface area contributed by atoms with Gasteiger partial charge in [0.05, 0.1) is 18.0 Å². The lowest BCUT2D eigenvalue weighted by Gasteiger charge is -2.18. The summed E-state index contributed by atoms with van der Waals surface area (Å²) in [5, 5.41) is 8.24. The summed E-state index contributed by atoms with van der Waals surface area (Å²) in [6.07, 6.45) is 0.382. The molecule has 1 amide bonds. The molecule has 7 nitrogen and oxygen atoms in total. The number of benzene rings is 2. The predicted molar refractivity (Wildman–Crippen MR) is 121 cm³/mol. The van der Waals surface area contributed by atoms with E-state index in [0.29, 0.717) is 25.2 Å². The smallest absolute Gasteiger partial charge is 0.360 e. The van der Waals surface area contributed by atoms with Gasteiger partial charge < -0.3 is 9.64 Å². The lowest BCUT2D eigenvalue weighted by Crippen LogP contribution is -2.25. The molecule has 32 heavy (non-hydrogen) atoms. The molecule has 0 bridgehead atoms. The van der Waals surface area contributed by atoms with Crippen LogP contribution in [0.3, 0.4) is 0 Å². The molecule has 1 aliphatic rings. The lowest BCUT2D eigenvalue weighted by atomic mass is 10.1. The summed E-state index contributed by atoms with van der Waals surface area (Å²) >= 11 is 0. The molecule has 1 unspecified atom stereocenters. The summed E-state index contributed by atoms with van der Waals surface area (Å²) < 4.78 is 7.20. The van der Waals surface area contributed by atoms with Crippen molar-refractivity contribution < 1.29 is 14.3 Å². The molecule has 4 rings (SSSR count). The van der Waals surface area contributed by atoms with Gasteiger partial charge in [-0.15, -0.1) is 5.10 Å². The Morgan fingerprint density at radius 2 is 1.81 bits per heavy atom. The van der Waals surface area contributed by atoms with Gasteiger partial charge in [0.15, 0.2) is 5.69 Å². The van der Waals surface area contributed by atoms with Crippen molar-refractivity contribution in [2.45, 2.75) is 40.7 Å². The molecular formula is C25H28N4O3. The zero-order valence-electron chi connectivity index (χ0n) is 19.0. The average molecular weight is 433 g/mol. The third-order valence-corrected chi connectivity index (χ3v) is 6.26. The largest absolute Gasteiger partial charge is 0.460 e. The number of aromatic nitrogens is 3. The summed E-state index contributed by atoms with van der Waals surface area (Å²) in [6.45, 7) is 9.25. The molecule has 3 aromatic rings. The van der Waals surface area contributed by atoms with Gasteiger partial charge in [-0.1, -0.05) is 41.6 Å². The highest BCUT2D eigenvalue weighted by Gasteiger charge is 2.31. The highest BCUT2D eigenvalue weighted by Crippen LogP contribution is 2.23. The molecule has 0 saturated carbocycles. The van der Waals surface area contributed by atoms with Gasteiger partial charge in [-0.3, -0.25) is 4.79 Å². The maximum Gasteiger partial charge on any atom is 0.360 e. The van der Waals surface area contributed by atoms with Crippen LogP contribution in [0.15, 0.2) is 42.5 Å². The van der Waals surface area contributed by atoms with Crippen LogP contribution < -0.4 is 0 Å². The number of nitrogens with zero attached hydrogens (tertiary/aromatic N) is 4. The number of amides is 1. The van der Waals surface area contributed by atoms with Crippen LogP contribution >= 0.6 is 0 Å². The van der Waals surface area contributed by atoms with E-state index in [4.69, 9.17) is 4.74 Å². The molecule has 1 atom stereocenters. The van der Waals surface area contributed by atoms with Crippen molar-refractivity contribution >= 4 is 11.9 Å². The van der Waals surface area contributed by atoms with E-state index in [9.17, 15) is 9.59 Å². The predicted octanol–water partition coefficient (Wildman–Crippen LogP) is 3.71. The fourth-order valence-electron chi connectivity index (χ4n) is 4.09. The Morgan fingerprint density at radius 3 is 2.59 bits per heavy atom. The van der Waals surface area contributed by atoms with Crippen molar-refractivity contribution in [1.29, 1.82) is 0 Å². The molecule has 0 aliphatic carbocycles. The van der Waals surface area contributed by atoms with Crippen LogP contribution in [0.4, 0.5) is 0 Å². The van der Waals surface area contributed by atoms with Crippen molar-refractivity contribution in [1.82, 2.24) is 19.9 Å². The molecule has 0 radical (unpaired) electrons. The summed E-state index contributed by atoms with van der Waals surface area (Å²) in [4.78, 5) is 27.0. The number of rotatable bonds is 6. The number of hydrogen-bond acceptors (Lipinski definition) is 5. The Morgan fingerprint density at radius 1 is 1.06 bits per heavy atom. The van der Waals surface area contributed by atoms with Crippen LogP contribution in [-0.4, -0.2) is 44.9 Å². The molecule has 166 valence electrons. The highest BCUT2D eigenvalue weighted by molar-refractivity contribution is 5.88. The molecule has 0 N–H and O–H groups in total. The third-order valence-electron chi connectivity index (χ3n) is 6.26. The first-order chi connectivity index (χ1) is 15.3. The fourth-order valence-corrected chi connectivity index (χ4v) is 4.09. The number of hydrogen-bond donors (Lipinski definition) is 0. The standard InChI is InChI=1S/C25H28N4O3/c1-16-9-7-11-22(18(16)3)29-19(4)24(26-27-29)25(31)32-15-20-12-23(30)28(13-20)14-21-10-6-5-8-17(21)2/h5-11,20H,12-15H2,1-4H3. The number of likely N-dealkylation sites (tertiary alicyclic amines) is 1. The topological polar surface area (TPSA) is 77.3 Å². The maximum absolute atomic E-state index is 12.7. The minimum absolute atomic E-state index is 0.0233. The highest BCUT2D eigenvalue weighted by atomic mass is 16.5. The third kappa shape index (κ3) is 4.28. The van der Waals surface area contributed by atoms with E-state index in [1.165, 1.54) is 0 Å². The van der Waals surface area contributed by atoms with Gasteiger partial charge in [0.1, 0.15) is 0 Å². The Kier molecular flexibility index (Phi) is 6.08. The van der Waals surface area contributed by atoms with Crippen LogP contribution in [0.25, 0.3) is 5.69 Å². The number of esters is 1. The summed E-state index contributed by atoms with van der Waals surface area (Å²) in [5.41, 5.74) is 6.25. The first-order valence-corrected chi connectivity index (χ1v) is 10.8. The first-order valence-electron chi connectivity index (χ1n) is 10.8. The number of carbonyl (C=O) groups is 2. The molecule has 2 aromatic carbocycles. The fraction of sp³-hybridized carbons (Fsp3) is 0.360. The van der Waals surface area contributed by atoms with E-state index < -0.39 is 5.97 Å². The number of ether oxygens (including phenoxy) is 1. The number of aryl methyl sites for hydroxylation is 2. The van der Waals surface area contributed by atoms with Crippen molar-refractivity contribution in [2.75, 3.05) is 13.2 Å². The summed E-state index contributed by atoms with van der Waals surface area (Å²) in [6, 6.07) is 14.0. The van der Waals surface area contributed by atoms with E-state index in [1.54, 1.807) is 11.6 Å². The monoisotopic (exact) mass is 432 g/mol. The van der Waals surface area contributed by atoms with Gasteiger partial charge >= 0.3 is 5.97 Å². The molecule has 1 fully saturated rings. The zero-order chi connectivity index (χ0) is 22.8. The Labute approximate surface area is 188 Å². The minimum atomic E-state index is -0.510. The van der Waals surface area contributed by atoms with Gasteiger partial charge in [0.25, 0.3) is 0 Å². The van der Waals surface area contributed by atoms with E-state index in [0.717, 1.165) is 27.9 Å². The summed E-state index contributed by atoms with van der Waals surface area (Å²) in [5.74, 6) is -0.444. The zero-order valence-corrected chi connectivity index (χ0v) is 19.0. The average Bonchev–Trinajstić information content (AvgIpc) is 3.32. The van der Waals surface area contributed by atoms with Crippen molar-refractivity contribution in [3.8, 4) is 5.69 Å². The van der Waals surface area contributed by atoms with Gasteiger partial charge in [-0.2, -0.15) is 0 Å². The number of carbonyl (C=O) groups excluding carboxylic acids is 2. The van der Waals surface area contributed by atoms with E-state index in [2.05, 4.69) is 10.3 Å². The Hall–Kier alpha value is -3.48. The molecule has 2 heterocycles. The van der Waals surface area contributed by atoms with Crippen molar-refractivity contribution in [2.24, 2.45) is 5.92 Å². The molecule has 7 heteroatoms. The molecule has 0 spiro atoms. The first kappa shape index (κ1) is 21.7. The second-order valence-electron chi connectivity index (χ2n) is 8.52. The van der Waals surface area contributed by atoms with Crippen LogP contribution in [-0.2, 0) is 16.1 Å². The van der Waals surface area contributed by atoms with Crippen LogP contribution in [0.1, 0.15) is 44.9 Å². The SMILES string of the molecule is Cc1ccccc1CN1CC(COC(=O)c2nnn(-c3cccc(C)c3C)c2C)CC1=O. The van der Waals surface area contributed by atoms with E-state index in [-0.39, 0.29) is 24.1 Å². The molecule has 1 aliphatic heterocycles. The second-order valence-corrected chi connectivity index (χ2v) is 8.52. The maximum atomic E-state index is 12.7.